The number of aromatic nitrogens is 2. The van der Waals surface area contributed by atoms with Crippen LogP contribution in [-0.4, -0.2) is 48.4 Å². The van der Waals surface area contributed by atoms with E-state index in [0.29, 0.717) is 52.7 Å². The summed E-state index contributed by atoms with van der Waals surface area (Å²) >= 11 is 0. The second-order valence-electron chi connectivity index (χ2n) is 8.42. The van der Waals surface area contributed by atoms with Gasteiger partial charge >= 0.3 is 5.97 Å². The molecule has 11 heteroatoms. The van der Waals surface area contributed by atoms with Gasteiger partial charge in [-0.3, -0.25) is 14.4 Å². The van der Waals surface area contributed by atoms with Gasteiger partial charge in [-0.25, -0.2) is 9.97 Å². The minimum Gasteiger partial charge on any atom is -0.493 e. The van der Waals surface area contributed by atoms with Crippen LogP contribution in [0.5, 0.6) is 23.1 Å². The van der Waals surface area contributed by atoms with Gasteiger partial charge in [0.05, 0.1) is 37.6 Å². The molecule has 11 nitrogen and oxygen atoms in total. The van der Waals surface area contributed by atoms with Crippen molar-refractivity contribution in [1.29, 1.82) is 0 Å². The van der Waals surface area contributed by atoms with E-state index in [1.165, 1.54) is 20.5 Å². The van der Waals surface area contributed by atoms with Crippen LogP contribution in [0.1, 0.15) is 31.9 Å². The Labute approximate surface area is 218 Å². The molecule has 0 amide bonds. The smallest absolute Gasteiger partial charge is 0.305 e. The van der Waals surface area contributed by atoms with E-state index in [1.807, 2.05) is 13.8 Å². The first-order valence-electron chi connectivity index (χ1n) is 12.0. The van der Waals surface area contributed by atoms with E-state index >= 15 is 0 Å². The zero-order valence-electron chi connectivity index (χ0n) is 21.5. The Bertz CT molecular complexity index is 1520. The van der Waals surface area contributed by atoms with E-state index < -0.39 is 22.9 Å². The number of fused-ring (bicyclic) bond motifs is 1. The Balaban J connectivity index is 1.61. The number of hydrogen-bond acceptors (Lipinski definition) is 10. The highest BCUT2D eigenvalue weighted by molar-refractivity contribution is 5.87. The number of aliphatic carboxylic acids is 1. The lowest BCUT2D eigenvalue weighted by atomic mass is 10.0. The first-order chi connectivity index (χ1) is 18.3. The summed E-state index contributed by atoms with van der Waals surface area (Å²) in [6.07, 6.45) is 1.08. The van der Waals surface area contributed by atoms with Gasteiger partial charge in [-0.2, -0.15) is 0 Å². The maximum Gasteiger partial charge on any atom is 0.305 e. The van der Waals surface area contributed by atoms with Gasteiger partial charge in [-0.15, -0.1) is 0 Å². The zero-order chi connectivity index (χ0) is 27.4. The average molecular weight is 521 g/mol. The van der Waals surface area contributed by atoms with Crippen LogP contribution in [0, 0.1) is 0 Å². The van der Waals surface area contributed by atoms with E-state index in [9.17, 15) is 19.5 Å². The molecule has 0 saturated carbocycles. The lowest BCUT2D eigenvalue weighted by molar-refractivity contribution is -0.137. The fourth-order valence-electron chi connectivity index (χ4n) is 4.28. The highest BCUT2D eigenvalue weighted by Gasteiger charge is 2.28. The standard InChI is InChI=1S/C27H28N4O7/c1-5-31(6-2)24-23(25(34)26(24)35)30-18(13-22(32)33)15-7-9-16(10-8-15)38-27-17-11-20(36-3)21(37-4)12-19(17)28-14-29-27/h7-12,14,18,30H,5-6,13H2,1-4H3,(H,32,33)/t18-/m1/s1. The third kappa shape index (κ3) is 5.08. The second kappa shape index (κ2) is 11.2. The summed E-state index contributed by atoms with van der Waals surface area (Å²) in [4.78, 5) is 46.4. The first kappa shape index (κ1) is 26.4. The van der Waals surface area contributed by atoms with Crippen LogP contribution in [0.15, 0.2) is 52.3 Å². The monoisotopic (exact) mass is 520 g/mol. The van der Waals surface area contributed by atoms with Crippen molar-refractivity contribution < 1.29 is 24.1 Å². The Morgan fingerprint density at radius 2 is 1.66 bits per heavy atom. The summed E-state index contributed by atoms with van der Waals surface area (Å²) in [5.41, 5.74) is 0.426. The molecule has 0 aliphatic rings. The fraction of sp³-hybridized carbons (Fsp3) is 0.296. The van der Waals surface area contributed by atoms with Crippen molar-refractivity contribution in [2.24, 2.45) is 0 Å². The van der Waals surface area contributed by atoms with Crippen LogP contribution in [0.25, 0.3) is 10.9 Å². The lowest BCUT2D eigenvalue weighted by Gasteiger charge is -2.27. The van der Waals surface area contributed by atoms with Gasteiger partial charge < -0.3 is 29.5 Å². The largest absolute Gasteiger partial charge is 0.493 e. The van der Waals surface area contributed by atoms with Crippen LogP contribution in [0.2, 0.25) is 0 Å². The molecule has 1 atom stereocenters. The molecular formula is C27H28N4O7. The molecule has 0 fully saturated rings. The molecule has 0 aliphatic carbocycles. The SMILES string of the molecule is CCN(CC)c1c(N[C@H](CC(=O)O)c2ccc(Oc3ncnc4cc(OC)c(OC)cc34)cc2)c(=O)c1=O. The molecular weight excluding hydrogens is 492 g/mol. The van der Waals surface area contributed by atoms with Crippen molar-refractivity contribution in [3.05, 3.63) is 68.7 Å². The molecule has 198 valence electrons. The molecule has 4 rings (SSSR count). The number of carboxylic acid groups (broad SMARTS) is 1. The second-order valence-corrected chi connectivity index (χ2v) is 8.42. The molecule has 0 saturated heterocycles. The summed E-state index contributed by atoms with van der Waals surface area (Å²) in [5, 5.41) is 13.1. The van der Waals surface area contributed by atoms with Crippen LogP contribution in [0.4, 0.5) is 11.4 Å². The fourth-order valence-corrected chi connectivity index (χ4v) is 4.28. The summed E-state index contributed by atoms with van der Waals surface area (Å²) in [6, 6.07) is 9.46. The summed E-state index contributed by atoms with van der Waals surface area (Å²) in [5.74, 6) is 0.728. The minimum atomic E-state index is -1.05. The summed E-state index contributed by atoms with van der Waals surface area (Å²) in [6.45, 7) is 4.85. The molecule has 3 aromatic carbocycles. The number of nitrogens with zero attached hydrogens (tertiary/aromatic N) is 3. The van der Waals surface area contributed by atoms with Crippen molar-refractivity contribution in [3.8, 4) is 23.1 Å². The van der Waals surface area contributed by atoms with Crippen LogP contribution >= 0.6 is 0 Å². The molecule has 0 radical (unpaired) electrons. The molecule has 1 heterocycles. The van der Waals surface area contributed by atoms with Gasteiger partial charge in [0.15, 0.2) is 11.5 Å². The summed E-state index contributed by atoms with van der Waals surface area (Å²) < 4.78 is 16.7. The normalized spacial score (nSPS) is 11.8. The van der Waals surface area contributed by atoms with Gasteiger partial charge in [-0.1, -0.05) is 12.1 Å². The Morgan fingerprint density at radius 3 is 2.26 bits per heavy atom. The van der Waals surface area contributed by atoms with Crippen molar-refractivity contribution in [2.75, 3.05) is 37.5 Å². The molecule has 4 aromatic rings. The number of rotatable bonds is 12. The van der Waals surface area contributed by atoms with E-state index in [1.54, 1.807) is 41.3 Å². The number of ether oxygens (including phenoxy) is 3. The predicted octanol–water partition coefficient (Wildman–Crippen LogP) is 3.51. The van der Waals surface area contributed by atoms with Crippen molar-refractivity contribution >= 4 is 28.2 Å². The average Bonchev–Trinajstić information content (AvgIpc) is 2.93. The highest BCUT2D eigenvalue weighted by Crippen LogP contribution is 2.36. The molecule has 0 bridgehead atoms. The number of methoxy groups -OCH3 is 2. The number of carbonyl (C=O) groups is 1. The van der Waals surface area contributed by atoms with E-state index in [4.69, 9.17) is 14.2 Å². The van der Waals surface area contributed by atoms with Crippen LogP contribution in [-0.2, 0) is 4.79 Å². The van der Waals surface area contributed by atoms with Crippen molar-refractivity contribution in [1.82, 2.24) is 9.97 Å². The minimum absolute atomic E-state index is 0.141. The van der Waals surface area contributed by atoms with Crippen molar-refractivity contribution in [2.45, 2.75) is 26.3 Å². The van der Waals surface area contributed by atoms with Crippen molar-refractivity contribution in [3.63, 3.8) is 0 Å². The predicted molar refractivity (Wildman–Crippen MR) is 143 cm³/mol. The van der Waals surface area contributed by atoms with Gasteiger partial charge in [-0.05, 0) is 37.6 Å². The molecule has 0 aliphatic heterocycles. The summed E-state index contributed by atoms with van der Waals surface area (Å²) in [7, 11) is 3.07. The topological polar surface area (TPSA) is 140 Å². The molecule has 0 unspecified atom stereocenters. The number of anilines is 2. The van der Waals surface area contributed by atoms with E-state index in [0.717, 1.165) is 0 Å². The lowest BCUT2D eigenvalue weighted by Crippen LogP contribution is -2.43. The maximum atomic E-state index is 12.3. The molecule has 2 N–H and O–H groups in total. The molecule has 1 aromatic heterocycles. The Morgan fingerprint density at radius 1 is 1.00 bits per heavy atom. The number of carboxylic acids is 1. The van der Waals surface area contributed by atoms with E-state index in [2.05, 4.69) is 15.3 Å². The zero-order valence-corrected chi connectivity index (χ0v) is 21.5. The van der Waals surface area contributed by atoms with Gasteiger partial charge in [0.25, 0.3) is 10.9 Å². The van der Waals surface area contributed by atoms with Gasteiger partial charge in [0.1, 0.15) is 23.5 Å². The Kier molecular flexibility index (Phi) is 7.75. The number of benzene rings is 2. The van der Waals surface area contributed by atoms with Crippen LogP contribution < -0.4 is 35.3 Å². The maximum absolute atomic E-state index is 12.3. The van der Waals surface area contributed by atoms with Gasteiger partial charge in [0.2, 0.25) is 5.88 Å². The van der Waals surface area contributed by atoms with E-state index in [-0.39, 0.29) is 17.8 Å². The number of hydrogen-bond donors (Lipinski definition) is 2. The van der Waals surface area contributed by atoms with Crippen LogP contribution in [0.3, 0.4) is 0 Å². The molecule has 0 spiro atoms. The first-order valence-corrected chi connectivity index (χ1v) is 12.0. The highest BCUT2D eigenvalue weighted by atomic mass is 16.5. The number of nitrogens with one attached hydrogen (secondary N) is 1. The van der Waals surface area contributed by atoms with Gasteiger partial charge in [0, 0.05) is 19.2 Å². The third-order valence-corrected chi connectivity index (χ3v) is 6.26. The quantitative estimate of drug-likeness (QED) is 0.265. The molecule has 38 heavy (non-hydrogen) atoms. The third-order valence-electron chi connectivity index (χ3n) is 6.26. The Hall–Kier alpha value is -4.67.